The molecule has 0 radical (unpaired) electrons. The summed E-state index contributed by atoms with van der Waals surface area (Å²) in [7, 11) is 0. The van der Waals surface area contributed by atoms with Gasteiger partial charge in [-0.3, -0.25) is 0 Å². The first-order chi connectivity index (χ1) is 4.29. The lowest BCUT2D eigenvalue weighted by Crippen LogP contribution is -2.20. The highest BCUT2D eigenvalue weighted by atomic mass is 16.3. The third-order valence-electron chi connectivity index (χ3n) is 1.57. The van der Waals surface area contributed by atoms with Crippen LogP contribution in [0.25, 0.3) is 0 Å². The summed E-state index contributed by atoms with van der Waals surface area (Å²) in [5.74, 6) is 0. The van der Waals surface area contributed by atoms with Crippen LogP contribution >= 0.6 is 0 Å². The molecule has 0 heterocycles. The summed E-state index contributed by atoms with van der Waals surface area (Å²) in [6.45, 7) is 2.80. The van der Waals surface area contributed by atoms with Gasteiger partial charge in [-0.25, -0.2) is 0 Å². The number of aliphatic hydroxyl groups excluding tert-OH is 1. The predicted octanol–water partition coefficient (Wildman–Crippen LogP) is 0.509. The number of hydrogen-bond acceptors (Lipinski definition) is 2. The minimum absolute atomic E-state index is 0.142. The molecule has 0 bridgehead atoms. The van der Waals surface area contributed by atoms with E-state index in [0.29, 0.717) is 0 Å². The molecule has 0 aromatic heterocycles. The first-order valence-corrected chi connectivity index (χ1v) is 3.70. The van der Waals surface area contributed by atoms with Gasteiger partial charge in [-0.2, -0.15) is 0 Å². The Kier molecular flexibility index (Phi) is 2.49. The van der Waals surface area contributed by atoms with Gasteiger partial charge in [0.25, 0.3) is 0 Å². The van der Waals surface area contributed by atoms with E-state index < -0.39 is 0 Å². The number of rotatable bonds is 4. The van der Waals surface area contributed by atoms with E-state index in [4.69, 9.17) is 5.11 Å². The van der Waals surface area contributed by atoms with Crippen molar-refractivity contribution in [1.29, 1.82) is 0 Å². The predicted molar refractivity (Wildman–Crippen MR) is 37.3 cm³/mol. The fourth-order valence-corrected chi connectivity index (χ4v) is 0.784. The first kappa shape index (κ1) is 7.03. The Morgan fingerprint density at radius 2 is 2.33 bits per heavy atom. The van der Waals surface area contributed by atoms with Crippen molar-refractivity contribution in [1.82, 2.24) is 5.32 Å². The molecule has 1 fully saturated rings. The van der Waals surface area contributed by atoms with Crippen molar-refractivity contribution in [3.8, 4) is 0 Å². The minimum atomic E-state index is -0.142. The third kappa shape index (κ3) is 3.49. The lowest BCUT2D eigenvalue weighted by molar-refractivity contribution is 0.183. The molecule has 2 N–H and O–H groups in total. The quantitative estimate of drug-likeness (QED) is 0.579. The molecule has 1 unspecified atom stereocenters. The second kappa shape index (κ2) is 3.18. The maximum absolute atomic E-state index is 8.85. The summed E-state index contributed by atoms with van der Waals surface area (Å²) < 4.78 is 0. The summed E-state index contributed by atoms with van der Waals surface area (Å²) in [4.78, 5) is 0. The molecule has 1 saturated carbocycles. The Hall–Kier alpha value is -0.0800. The van der Waals surface area contributed by atoms with Crippen LogP contribution in [0.3, 0.4) is 0 Å². The Balaban J connectivity index is 1.81. The van der Waals surface area contributed by atoms with Crippen LogP contribution in [0.4, 0.5) is 0 Å². The number of aliphatic hydroxyl groups is 1. The Labute approximate surface area is 56.3 Å². The van der Waals surface area contributed by atoms with Crippen molar-refractivity contribution in [2.75, 3.05) is 6.54 Å². The summed E-state index contributed by atoms with van der Waals surface area (Å²) >= 11 is 0. The highest BCUT2D eigenvalue weighted by Crippen LogP contribution is 2.18. The maximum Gasteiger partial charge on any atom is 0.0524 e. The molecular formula is C7H15NO. The van der Waals surface area contributed by atoms with Gasteiger partial charge in [-0.15, -0.1) is 0 Å². The van der Waals surface area contributed by atoms with Gasteiger partial charge >= 0.3 is 0 Å². The van der Waals surface area contributed by atoms with Crippen LogP contribution in [0.15, 0.2) is 0 Å². The smallest absolute Gasteiger partial charge is 0.0524 e. The molecule has 54 valence electrons. The zero-order chi connectivity index (χ0) is 6.69. The van der Waals surface area contributed by atoms with Crippen molar-refractivity contribution in [2.24, 2.45) is 0 Å². The van der Waals surface area contributed by atoms with E-state index in [1.807, 2.05) is 6.92 Å². The maximum atomic E-state index is 8.85. The Bertz CT molecular complexity index is 77.0. The molecule has 0 saturated heterocycles. The van der Waals surface area contributed by atoms with E-state index in [-0.39, 0.29) is 6.10 Å². The van der Waals surface area contributed by atoms with E-state index >= 15 is 0 Å². The Morgan fingerprint density at radius 3 is 2.78 bits per heavy atom. The Morgan fingerprint density at radius 1 is 1.67 bits per heavy atom. The third-order valence-corrected chi connectivity index (χ3v) is 1.57. The summed E-state index contributed by atoms with van der Waals surface area (Å²) in [6.07, 6.45) is 3.41. The second-order valence-electron chi connectivity index (χ2n) is 2.87. The van der Waals surface area contributed by atoms with Crippen LogP contribution in [0, 0.1) is 0 Å². The molecule has 0 aromatic rings. The van der Waals surface area contributed by atoms with Crippen molar-refractivity contribution in [3.05, 3.63) is 0 Å². The zero-order valence-electron chi connectivity index (χ0n) is 5.93. The number of nitrogens with one attached hydrogen (secondary N) is 1. The van der Waals surface area contributed by atoms with E-state index in [1.54, 1.807) is 0 Å². The van der Waals surface area contributed by atoms with Crippen molar-refractivity contribution in [3.63, 3.8) is 0 Å². The molecular weight excluding hydrogens is 114 g/mol. The molecule has 9 heavy (non-hydrogen) atoms. The van der Waals surface area contributed by atoms with Gasteiger partial charge in [-0.1, -0.05) is 0 Å². The SMILES string of the molecule is CC(O)CCNC1CC1. The van der Waals surface area contributed by atoms with Gasteiger partial charge in [-0.05, 0) is 32.7 Å². The fourth-order valence-electron chi connectivity index (χ4n) is 0.784. The van der Waals surface area contributed by atoms with Crippen molar-refractivity contribution < 1.29 is 5.11 Å². The lowest BCUT2D eigenvalue weighted by Gasteiger charge is -2.03. The van der Waals surface area contributed by atoms with Crippen LogP contribution in [0.1, 0.15) is 26.2 Å². The molecule has 2 heteroatoms. The fraction of sp³-hybridized carbons (Fsp3) is 1.00. The topological polar surface area (TPSA) is 32.3 Å². The molecule has 1 atom stereocenters. The van der Waals surface area contributed by atoms with Gasteiger partial charge < -0.3 is 10.4 Å². The monoisotopic (exact) mass is 129 g/mol. The van der Waals surface area contributed by atoms with E-state index in [9.17, 15) is 0 Å². The molecule has 0 aromatic carbocycles. The molecule has 1 aliphatic rings. The average molecular weight is 129 g/mol. The second-order valence-corrected chi connectivity index (χ2v) is 2.87. The van der Waals surface area contributed by atoms with Crippen LogP contribution in [0.2, 0.25) is 0 Å². The minimum Gasteiger partial charge on any atom is -0.393 e. The standard InChI is InChI=1S/C7H15NO/c1-6(9)4-5-8-7-2-3-7/h6-9H,2-5H2,1H3. The highest BCUT2D eigenvalue weighted by molar-refractivity contribution is 4.80. The van der Waals surface area contributed by atoms with Crippen LogP contribution in [-0.2, 0) is 0 Å². The first-order valence-electron chi connectivity index (χ1n) is 3.70. The molecule has 2 nitrogen and oxygen atoms in total. The summed E-state index contributed by atoms with van der Waals surface area (Å²) in [5.41, 5.74) is 0. The van der Waals surface area contributed by atoms with Crippen molar-refractivity contribution in [2.45, 2.75) is 38.3 Å². The van der Waals surface area contributed by atoms with Crippen LogP contribution < -0.4 is 5.32 Å². The molecule has 1 aliphatic carbocycles. The molecule has 0 aliphatic heterocycles. The van der Waals surface area contributed by atoms with Crippen LogP contribution in [0.5, 0.6) is 0 Å². The van der Waals surface area contributed by atoms with Crippen molar-refractivity contribution >= 4 is 0 Å². The van der Waals surface area contributed by atoms with Gasteiger partial charge in [0.05, 0.1) is 6.10 Å². The normalized spacial score (nSPS) is 22.0. The molecule has 0 spiro atoms. The van der Waals surface area contributed by atoms with Gasteiger partial charge in [0.1, 0.15) is 0 Å². The van der Waals surface area contributed by atoms with E-state index in [2.05, 4.69) is 5.32 Å². The van der Waals surface area contributed by atoms with E-state index in [1.165, 1.54) is 12.8 Å². The summed E-state index contributed by atoms with van der Waals surface area (Å²) in [5, 5.41) is 12.2. The molecule has 0 amide bonds. The van der Waals surface area contributed by atoms with Gasteiger partial charge in [0.15, 0.2) is 0 Å². The highest BCUT2D eigenvalue weighted by Gasteiger charge is 2.19. The van der Waals surface area contributed by atoms with Crippen LogP contribution in [-0.4, -0.2) is 23.8 Å². The van der Waals surface area contributed by atoms with E-state index in [0.717, 1.165) is 19.0 Å². The average Bonchev–Trinajstić information content (AvgIpc) is 2.48. The van der Waals surface area contributed by atoms with Gasteiger partial charge in [0.2, 0.25) is 0 Å². The molecule has 1 rings (SSSR count). The largest absolute Gasteiger partial charge is 0.393 e. The summed E-state index contributed by atoms with van der Waals surface area (Å²) in [6, 6.07) is 0.781. The van der Waals surface area contributed by atoms with Gasteiger partial charge in [0, 0.05) is 6.04 Å². The zero-order valence-corrected chi connectivity index (χ0v) is 5.93. The number of hydrogen-bond donors (Lipinski definition) is 2. The lowest BCUT2D eigenvalue weighted by atomic mass is 10.3.